The molecule has 0 aliphatic heterocycles. The van der Waals surface area contributed by atoms with E-state index in [4.69, 9.17) is 10.5 Å². The highest BCUT2D eigenvalue weighted by Gasteiger charge is 2.37. The number of nitrogens with two attached hydrogens (primary N) is 1. The van der Waals surface area contributed by atoms with Gasteiger partial charge in [-0.3, -0.25) is 0 Å². The maximum absolute atomic E-state index is 5.85. The molecule has 1 aliphatic carbocycles. The van der Waals surface area contributed by atoms with E-state index in [0.29, 0.717) is 0 Å². The Hall–Kier alpha value is -1.02. The number of hydrogen-bond donors (Lipinski definition) is 1. The van der Waals surface area contributed by atoms with Crippen LogP contribution in [-0.4, -0.2) is 13.7 Å². The molecule has 0 radical (unpaired) electrons. The summed E-state index contributed by atoms with van der Waals surface area (Å²) >= 11 is 0. The molecule has 1 fully saturated rings. The van der Waals surface area contributed by atoms with Gasteiger partial charge in [-0.2, -0.15) is 0 Å². The normalized spacial score (nSPS) is 17.9. The molecule has 1 aromatic carbocycles. The fourth-order valence-electron chi connectivity index (χ4n) is 3.37. The first-order valence-electron chi connectivity index (χ1n) is 7.13. The summed E-state index contributed by atoms with van der Waals surface area (Å²) in [5.41, 5.74) is 8.91. The summed E-state index contributed by atoms with van der Waals surface area (Å²) in [6.07, 6.45) is 7.31. The molecule has 1 aliphatic rings. The van der Waals surface area contributed by atoms with Crippen molar-refractivity contribution in [2.45, 2.75) is 50.9 Å². The number of hydrogen-bond acceptors (Lipinski definition) is 2. The molecule has 1 aromatic rings. The quantitative estimate of drug-likeness (QED) is 0.865. The number of ether oxygens (including phenoxy) is 1. The first-order chi connectivity index (χ1) is 8.75. The monoisotopic (exact) mass is 247 g/mol. The maximum atomic E-state index is 5.85. The van der Waals surface area contributed by atoms with Gasteiger partial charge in [-0.1, -0.05) is 31.9 Å². The lowest BCUT2D eigenvalue weighted by atomic mass is 9.75. The first kappa shape index (κ1) is 13.4. The second-order valence-electron chi connectivity index (χ2n) is 5.41. The average Bonchev–Trinajstić information content (AvgIpc) is 2.88. The smallest absolute Gasteiger partial charge is 0.122 e. The fourth-order valence-corrected chi connectivity index (χ4v) is 3.37. The number of aryl methyl sites for hydroxylation is 1. The second-order valence-corrected chi connectivity index (χ2v) is 5.41. The van der Waals surface area contributed by atoms with Crippen molar-refractivity contribution >= 4 is 0 Å². The van der Waals surface area contributed by atoms with E-state index < -0.39 is 0 Å². The van der Waals surface area contributed by atoms with Gasteiger partial charge < -0.3 is 10.5 Å². The number of methoxy groups -OCH3 is 1. The van der Waals surface area contributed by atoms with Crippen molar-refractivity contribution < 1.29 is 4.74 Å². The lowest BCUT2D eigenvalue weighted by molar-refractivity contribution is 0.362. The minimum Gasteiger partial charge on any atom is -0.496 e. The van der Waals surface area contributed by atoms with Crippen LogP contribution in [-0.2, 0) is 11.8 Å². The Kier molecular flexibility index (Phi) is 4.28. The Labute approximate surface area is 111 Å². The Morgan fingerprint density at radius 3 is 2.56 bits per heavy atom. The Morgan fingerprint density at radius 2 is 2.00 bits per heavy atom. The van der Waals surface area contributed by atoms with Crippen LogP contribution in [0.25, 0.3) is 0 Å². The predicted octanol–water partition coefficient (Wildman–Crippen LogP) is 3.42. The van der Waals surface area contributed by atoms with Crippen LogP contribution in [0.1, 0.15) is 50.2 Å². The van der Waals surface area contributed by atoms with Crippen LogP contribution in [0.3, 0.4) is 0 Å². The topological polar surface area (TPSA) is 35.2 Å². The van der Waals surface area contributed by atoms with Gasteiger partial charge in [-0.15, -0.1) is 0 Å². The van der Waals surface area contributed by atoms with Crippen LogP contribution in [0.2, 0.25) is 0 Å². The average molecular weight is 247 g/mol. The summed E-state index contributed by atoms with van der Waals surface area (Å²) in [4.78, 5) is 0. The van der Waals surface area contributed by atoms with E-state index in [2.05, 4.69) is 25.1 Å². The molecule has 0 atom stereocenters. The highest BCUT2D eigenvalue weighted by atomic mass is 16.5. The van der Waals surface area contributed by atoms with Gasteiger partial charge in [-0.05, 0) is 43.9 Å². The minimum absolute atomic E-state index is 0.269. The van der Waals surface area contributed by atoms with Crippen LogP contribution in [0, 0.1) is 0 Å². The molecule has 100 valence electrons. The SMILES string of the molecule is CCc1ccc(OC)c(C2(CCN)CCCC2)c1. The molecule has 1 saturated carbocycles. The summed E-state index contributed by atoms with van der Waals surface area (Å²) in [6, 6.07) is 6.65. The van der Waals surface area contributed by atoms with Crippen LogP contribution in [0.15, 0.2) is 18.2 Å². The van der Waals surface area contributed by atoms with Crippen molar-refractivity contribution in [1.29, 1.82) is 0 Å². The summed E-state index contributed by atoms with van der Waals surface area (Å²) in [5, 5.41) is 0. The number of benzene rings is 1. The Bertz CT molecular complexity index is 394. The molecule has 0 heterocycles. The third kappa shape index (κ3) is 2.39. The van der Waals surface area contributed by atoms with Crippen molar-refractivity contribution in [3.63, 3.8) is 0 Å². The van der Waals surface area contributed by atoms with Gasteiger partial charge >= 0.3 is 0 Å². The lowest BCUT2D eigenvalue weighted by Gasteiger charge is -2.31. The molecule has 2 N–H and O–H groups in total. The molecule has 0 aromatic heterocycles. The van der Waals surface area contributed by atoms with Crippen LogP contribution >= 0.6 is 0 Å². The first-order valence-corrected chi connectivity index (χ1v) is 7.13. The fraction of sp³-hybridized carbons (Fsp3) is 0.625. The molecule has 2 nitrogen and oxygen atoms in total. The summed E-state index contributed by atoms with van der Waals surface area (Å²) in [6.45, 7) is 2.97. The van der Waals surface area contributed by atoms with Gasteiger partial charge in [0, 0.05) is 11.0 Å². The molecular formula is C16H25NO. The maximum Gasteiger partial charge on any atom is 0.122 e. The zero-order chi connectivity index (χ0) is 13.0. The van der Waals surface area contributed by atoms with Crippen molar-refractivity contribution in [3.8, 4) is 5.75 Å². The van der Waals surface area contributed by atoms with Gasteiger partial charge in [0.05, 0.1) is 7.11 Å². The summed E-state index contributed by atoms with van der Waals surface area (Å²) < 4.78 is 5.59. The van der Waals surface area contributed by atoms with E-state index in [0.717, 1.165) is 25.1 Å². The van der Waals surface area contributed by atoms with E-state index in [-0.39, 0.29) is 5.41 Å². The van der Waals surface area contributed by atoms with E-state index in [1.54, 1.807) is 7.11 Å². The Morgan fingerprint density at radius 1 is 1.28 bits per heavy atom. The zero-order valence-corrected chi connectivity index (χ0v) is 11.7. The second kappa shape index (κ2) is 5.75. The third-order valence-corrected chi connectivity index (χ3v) is 4.43. The van der Waals surface area contributed by atoms with E-state index in [1.165, 1.54) is 36.8 Å². The Balaban J connectivity index is 2.44. The van der Waals surface area contributed by atoms with Crippen LogP contribution in [0.4, 0.5) is 0 Å². The summed E-state index contributed by atoms with van der Waals surface area (Å²) in [7, 11) is 1.77. The molecule has 0 amide bonds. The van der Waals surface area contributed by atoms with Crippen LogP contribution in [0.5, 0.6) is 5.75 Å². The molecule has 0 bridgehead atoms. The van der Waals surface area contributed by atoms with E-state index in [1.807, 2.05) is 0 Å². The van der Waals surface area contributed by atoms with Crippen molar-refractivity contribution in [2.24, 2.45) is 5.73 Å². The van der Waals surface area contributed by atoms with Gasteiger partial charge in [0.15, 0.2) is 0 Å². The van der Waals surface area contributed by atoms with Gasteiger partial charge in [0.1, 0.15) is 5.75 Å². The van der Waals surface area contributed by atoms with E-state index >= 15 is 0 Å². The van der Waals surface area contributed by atoms with Gasteiger partial charge in [-0.25, -0.2) is 0 Å². The van der Waals surface area contributed by atoms with Gasteiger partial charge in [0.2, 0.25) is 0 Å². The minimum atomic E-state index is 0.269. The van der Waals surface area contributed by atoms with Crippen molar-refractivity contribution in [2.75, 3.05) is 13.7 Å². The molecule has 0 saturated heterocycles. The highest BCUT2D eigenvalue weighted by molar-refractivity contribution is 5.43. The predicted molar refractivity (Wildman–Crippen MR) is 76.2 cm³/mol. The van der Waals surface area contributed by atoms with Crippen molar-refractivity contribution in [1.82, 2.24) is 0 Å². The summed E-state index contributed by atoms with van der Waals surface area (Å²) in [5.74, 6) is 1.04. The molecule has 0 unspecified atom stereocenters. The molecule has 2 rings (SSSR count). The molecule has 18 heavy (non-hydrogen) atoms. The largest absolute Gasteiger partial charge is 0.496 e. The zero-order valence-electron chi connectivity index (χ0n) is 11.7. The standard InChI is InChI=1S/C16H25NO/c1-3-13-6-7-15(18-2)14(12-13)16(10-11-17)8-4-5-9-16/h6-7,12H,3-5,8-11,17H2,1-2H3. The highest BCUT2D eigenvalue weighted by Crippen LogP contribution is 2.47. The van der Waals surface area contributed by atoms with E-state index in [9.17, 15) is 0 Å². The molecule has 2 heteroatoms. The molecule has 0 spiro atoms. The molecular weight excluding hydrogens is 222 g/mol. The van der Waals surface area contributed by atoms with Crippen molar-refractivity contribution in [3.05, 3.63) is 29.3 Å². The number of rotatable bonds is 5. The lowest BCUT2D eigenvalue weighted by Crippen LogP contribution is -2.26. The van der Waals surface area contributed by atoms with Gasteiger partial charge in [0.25, 0.3) is 0 Å². The van der Waals surface area contributed by atoms with Crippen LogP contribution < -0.4 is 10.5 Å². The third-order valence-electron chi connectivity index (χ3n) is 4.43.